The van der Waals surface area contributed by atoms with Crippen molar-refractivity contribution in [1.29, 1.82) is 0 Å². The van der Waals surface area contributed by atoms with E-state index in [1.807, 2.05) is 0 Å². The Kier molecular flexibility index (Phi) is 6.06. The van der Waals surface area contributed by atoms with E-state index in [0.29, 0.717) is 36.0 Å². The lowest BCUT2D eigenvalue weighted by Gasteiger charge is -2.24. The van der Waals surface area contributed by atoms with Crippen LogP contribution in [0.5, 0.6) is 0 Å². The van der Waals surface area contributed by atoms with Crippen LogP contribution in [0.2, 0.25) is 0 Å². The maximum Gasteiger partial charge on any atom is 0.392 e. The second-order valence-corrected chi connectivity index (χ2v) is 8.86. The lowest BCUT2D eigenvalue weighted by atomic mass is 9.98. The van der Waals surface area contributed by atoms with Crippen LogP contribution >= 0.6 is 0 Å². The van der Waals surface area contributed by atoms with Crippen LogP contribution < -0.4 is 5.32 Å². The monoisotopic (exact) mass is 494 g/mol. The molecule has 4 heterocycles. The number of carbonyl (C=O) groups is 1. The molecular formula is C23H23F5N6O. The Labute approximate surface area is 197 Å². The van der Waals surface area contributed by atoms with Gasteiger partial charge in [-0.3, -0.25) is 4.79 Å². The van der Waals surface area contributed by atoms with Crippen molar-refractivity contribution in [3.05, 3.63) is 52.9 Å². The number of hydrogen-bond donors (Lipinski definition) is 1. The van der Waals surface area contributed by atoms with E-state index >= 15 is 0 Å². The zero-order valence-corrected chi connectivity index (χ0v) is 18.7. The summed E-state index contributed by atoms with van der Waals surface area (Å²) in [6, 6.07) is 6.90. The number of nitrogens with zero attached hydrogens (tertiary/aromatic N) is 5. The lowest BCUT2D eigenvalue weighted by Crippen LogP contribution is -2.31. The van der Waals surface area contributed by atoms with Crippen LogP contribution in [-0.2, 0) is 32.5 Å². The van der Waals surface area contributed by atoms with Gasteiger partial charge in [-0.05, 0) is 24.8 Å². The van der Waals surface area contributed by atoms with E-state index in [9.17, 15) is 26.7 Å². The molecule has 0 bridgehead atoms. The van der Waals surface area contributed by atoms with E-state index in [1.54, 1.807) is 28.8 Å². The molecule has 12 heteroatoms. The number of alkyl halides is 5. The van der Waals surface area contributed by atoms with Crippen molar-refractivity contribution in [3.63, 3.8) is 0 Å². The van der Waals surface area contributed by atoms with Gasteiger partial charge in [0.2, 0.25) is 0 Å². The van der Waals surface area contributed by atoms with Gasteiger partial charge in [0.1, 0.15) is 23.0 Å². The zero-order chi connectivity index (χ0) is 24.7. The molecule has 2 aliphatic rings. The number of fused-ring (bicyclic) bond motifs is 2. The predicted octanol–water partition coefficient (Wildman–Crippen LogP) is 4.47. The van der Waals surface area contributed by atoms with Gasteiger partial charge < -0.3 is 9.88 Å². The molecule has 0 fully saturated rings. The number of aromatic nitrogens is 5. The molecule has 0 spiro atoms. The van der Waals surface area contributed by atoms with Gasteiger partial charge in [0.25, 0.3) is 12.3 Å². The first-order valence-corrected chi connectivity index (χ1v) is 11.5. The number of nitrogens with one attached hydrogen (secondary N) is 1. The molecule has 7 nitrogen and oxygen atoms in total. The number of imidazole rings is 1. The number of amides is 1. The predicted molar refractivity (Wildman–Crippen MR) is 115 cm³/mol. The van der Waals surface area contributed by atoms with Gasteiger partial charge in [-0.2, -0.15) is 18.3 Å². The van der Waals surface area contributed by atoms with Gasteiger partial charge >= 0.3 is 6.18 Å². The highest BCUT2D eigenvalue weighted by Crippen LogP contribution is 2.35. The summed E-state index contributed by atoms with van der Waals surface area (Å²) in [5.74, 6) is -0.856. The fourth-order valence-electron chi connectivity index (χ4n) is 4.64. The molecule has 1 amide bonds. The Morgan fingerprint density at radius 2 is 1.86 bits per heavy atom. The molecule has 2 aliphatic heterocycles. The molecule has 3 aromatic rings. The topological polar surface area (TPSA) is 77.6 Å². The second-order valence-electron chi connectivity index (χ2n) is 8.86. The average molecular weight is 494 g/mol. The van der Waals surface area contributed by atoms with Crippen LogP contribution in [0.1, 0.15) is 59.1 Å². The van der Waals surface area contributed by atoms with Crippen molar-refractivity contribution in [1.82, 2.24) is 29.6 Å². The van der Waals surface area contributed by atoms with Gasteiger partial charge in [0.15, 0.2) is 5.82 Å². The van der Waals surface area contributed by atoms with Crippen molar-refractivity contribution in [2.45, 2.75) is 64.3 Å². The molecule has 186 valence electrons. The maximum atomic E-state index is 13.5. The van der Waals surface area contributed by atoms with E-state index in [0.717, 1.165) is 18.4 Å². The molecule has 0 radical (unpaired) electrons. The van der Waals surface area contributed by atoms with Crippen LogP contribution in [0.3, 0.4) is 0 Å². The number of benzene rings is 1. The number of rotatable bonds is 5. The molecule has 0 aliphatic carbocycles. The Bertz CT molecular complexity index is 1230. The SMILES string of the molecule is O=C(NCc1ccc(-c2nc3n(n2)CCC(C(F)(F)F)C3)cc1)c1c(C(F)F)nc2n1CCCC2. The number of hydrogen-bond acceptors (Lipinski definition) is 4. The fraction of sp³-hybridized carbons (Fsp3) is 0.478. The molecule has 0 saturated carbocycles. The summed E-state index contributed by atoms with van der Waals surface area (Å²) in [5.41, 5.74) is 0.782. The summed E-state index contributed by atoms with van der Waals surface area (Å²) < 4.78 is 69.2. The highest BCUT2D eigenvalue weighted by molar-refractivity contribution is 5.94. The summed E-state index contributed by atoms with van der Waals surface area (Å²) in [6.07, 6.45) is -5.09. The van der Waals surface area contributed by atoms with E-state index in [4.69, 9.17) is 0 Å². The van der Waals surface area contributed by atoms with Crippen molar-refractivity contribution >= 4 is 5.91 Å². The van der Waals surface area contributed by atoms with Crippen molar-refractivity contribution in [2.75, 3.05) is 0 Å². The Morgan fingerprint density at radius 1 is 1.09 bits per heavy atom. The van der Waals surface area contributed by atoms with Crippen LogP contribution in [0.4, 0.5) is 22.0 Å². The summed E-state index contributed by atoms with van der Waals surface area (Å²) in [7, 11) is 0. The minimum absolute atomic E-state index is 0.0222. The molecule has 2 aromatic heterocycles. The van der Waals surface area contributed by atoms with E-state index in [1.165, 1.54) is 4.68 Å². The molecular weight excluding hydrogens is 471 g/mol. The largest absolute Gasteiger partial charge is 0.392 e. The van der Waals surface area contributed by atoms with Gasteiger partial charge in [0.05, 0.1) is 5.92 Å². The highest BCUT2D eigenvalue weighted by atomic mass is 19.4. The Hall–Kier alpha value is -3.31. The van der Waals surface area contributed by atoms with Crippen molar-refractivity contribution in [3.8, 4) is 11.4 Å². The summed E-state index contributed by atoms with van der Waals surface area (Å²) in [6.45, 7) is 0.760. The smallest absolute Gasteiger partial charge is 0.347 e. The van der Waals surface area contributed by atoms with E-state index in [2.05, 4.69) is 20.4 Å². The second kappa shape index (κ2) is 9.04. The fourth-order valence-corrected chi connectivity index (χ4v) is 4.64. The summed E-state index contributed by atoms with van der Waals surface area (Å²) >= 11 is 0. The first-order valence-electron chi connectivity index (χ1n) is 11.5. The van der Waals surface area contributed by atoms with Gasteiger partial charge in [0, 0.05) is 38.0 Å². The lowest BCUT2D eigenvalue weighted by molar-refractivity contribution is -0.179. The quantitative estimate of drug-likeness (QED) is 0.531. The van der Waals surface area contributed by atoms with Gasteiger partial charge in [-0.15, -0.1) is 0 Å². The maximum absolute atomic E-state index is 13.5. The van der Waals surface area contributed by atoms with Gasteiger partial charge in [-0.1, -0.05) is 24.3 Å². The minimum atomic E-state index is -4.25. The van der Waals surface area contributed by atoms with E-state index < -0.39 is 30.1 Å². The minimum Gasteiger partial charge on any atom is -0.347 e. The van der Waals surface area contributed by atoms with Crippen LogP contribution in [0.25, 0.3) is 11.4 Å². The third-order valence-corrected chi connectivity index (χ3v) is 6.52. The normalized spacial score (nSPS) is 17.8. The van der Waals surface area contributed by atoms with Crippen molar-refractivity contribution < 1.29 is 26.7 Å². The number of aryl methyl sites for hydroxylation is 2. The van der Waals surface area contributed by atoms with E-state index in [-0.39, 0.29) is 31.6 Å². The Balaban J connectivity index is 1.26. The first kappa shape index (κ1) is 23.4. The third-order valence-electron chi connectivity index (χ3n) is 6.52. The molecule has 0 saturated heterocycles. The van der Waals surface area contributed by atoms with Crippen molar-refractivity contribution in [2.24, 2.45) is 5.92 Å². The average Bonchev–Trinajstić information content (AvgIpc) is 3.44. The third kappa shape index (κ3) is 4.65. The zero-order valence-electron chi connectivity index (χ0n) is 18.7. The number of carbonyl (C=O) groups excluding carboxylic acids is 1. The standard InChI is InChI=1S/C23H23F5N6O/c24-20(25)18-19(33-9-2-1-3-16(33)30-18)22(35)29-12-13-4-6-14(7-5-13)21-31-17-11-15(23(26,27)28)8-10-34(17)32-21/h4-7,15,20H,1-3,8-12H2,(H,29,35). The molecule has 1 atom stereocenters. The molecule has 35 heavy (non-hydrogen) atoms. The molecule has 1 N–H and O–H groups in total. The summed E-state index contributed by atoms with van der Waals surface area (Å²) in [4.78, 5) is 21.0. The summed E-state index contributed by atoms with van der Waals surface area (Å²) in [5, 5.41) is 7.02. The highest BCUT2D eigenvalue weighted by Gasteiger charge is 2.42. The van der Waals surface area contributed by atoms with Crippen LogP contribution in [-0.4, -0.2) is 36.4 Å². The Morgan fingerprint density at radius 3 is 2.57 bits per heavy atom. The van der Waals surface area contributed by atoms with Crippen LogP contribution in [0.15, 0.2) is 24.3 Å². The molecule has 5 rings (SSSR count). The number of halogens is 5. The van der Waals surface area contributed by atoms with Gasteiger partial charge in [-0.25, -0.2) is 23.4 Å². The van der Waals surface area contributed by atoms with Crippen LogP contribution in [0, 0.1) is 5.92 Å². The first-order chi connectivity index (χ1) is 16.7. The molecule has 1 unspecified atom stereocenters. The molecule has 1 aromatic carbocycles.